The molecule has 2 fully saturated rings. The van der Waals surface area contributed by atoms with Crippen molar-refractivity contribution in [1.29, 1.82) is 0 Å². The van der Waals surface area contributed by atoms with E-state index in [9.17, 15) is 4.79 Å². The van der Waals surface area contributed by atoms with Crippen LogP contribution in [0.1, 0.15) is 18.2 Å². The van der Waals surface area contributed by atoms with Crippen LogP contribution in [0, 0.1) is 0 Å². The maximum atomic E-state index is 13.3. The highest BCUT2D eigenvalue weighted by molar-refractivity contribution is 6.35. The first-order valence-electron chi connectivity index (χ1n) is 8.95. The van der Waals surface area contributed by atoms with E-state index in [1.165, 1.54) is 0 Å². The van der Waals surface area contributed by atoms with Crippen LogP contribution in [0.2, 0.25) is 10.0 Å². The van der Waals surface area contributed by atoms with Crippen molar-refractivity contribution in [3.8, 4) is 0 Å². The molecule has 2 aliphatic heterocycles. The Morgan fingerprint density at radius 2 is 1.74 bits per heavy atom. The van der Waals surface area contributed by atoms with Gasteiger partial charge in [-0.25, -0.2) is 4.79 Å². The summed E-state index contributed by atoms with van der Waals surface area (Å²) in [5.41, 5.74) is 1.77. The standard InChI is InChI=1S/C21H17Cl2N3O/c22-15-9-10-17(18(23)13-15)20-24-11-4-12-25(24)21(27)26(20)19-8-3-6-14-5-1-2-7-16(14)19/h1-3,5-10,13,20H,4,11-12H2/t20-/m0/s1. The van der Waals surface area contributed by atoms with Crippen molar-refractivity contribution in [3.05, 3.63) is 76.3 Å². The van der Waals surface area contributed by atoms with Gasteiger partial charge in [0.25, 0.3) is 0 Å². The number of hydrogen-bond donors (Lipinski definition) is 0. The Labute approximate surface area is 167 Å². The normalized spacial score (nSPS) is 19.9. The van der Waals surface area contributed by atoms with Crippen LogP contribution in [-0.4, -0.2) is 29.1 Å². The van der Waals surface area contributed by atoms with Crippen molar-refractivity contribution in [1.82, 2.24) is 10.0 Å². The number of anilines is 1. The molecule has 0 radical (unpaired) electrons. The van der Waals surface area contributed by atoms with Crippen molar-refractivity contribution < 1.29 is 4.79 Å². The van der Waals surface area contributed by atoms with Crippen LogP contribution >= 0.6 is 23.2 Å². The number of hydrazine groups is 1. The SMILES string of the molecule is O=C1N(c2cccc3ccccc23)[C@@H](c2ccc(Cl)cc2Cl)N2CCCN12. The highest BCUT2D eigenvalue weighted by Crippen LogP contribution is 2.44. The van der Waals surface area contributed by atoms with E-state index in [2.05, 4.69) is 23.2 Å². The fraction of sp³-hybridized carbons (Fsp3) is 0.190. The van der Waals surface area contributed by atoms with Crippen molar-refractivity contribution in [2.75, 3.05) is 18.0 Å². The number of carbonyl (C=O) groups excluding carboxylic acids is 1. The molecule has 136 valence electrons. The van der Waals surface area contributed by atoms with Crippen LogP contribution in [0.4, 0.5) is 10.5 Å². The lowest BCUT2D eigenvalue weighted by molar-refractivity contribution is 0.0728. The molecule has 2 aliphatic rings. The highest BCUT2D eigenvalue weighted by Gasteiger charge is 2.48. The first-order chi connectivity index (χ1) is 13.1. The molecular weight excluding hydrogens is 381 g/mol. The molecule has 3 aromatic carbocycles. The molecule has 0 spiro atoms. The van der Waals surface area contributed by atoms with Gasteiger partial charge in [-0.3, -0.25) is 9.91 Å². The summed E-state index contributed by atoms with van der Waals surface area (Å²) >= 11 is 12.7. The van der Waals surface area contributed by atoms with E-state index in [1.54, 1.807) is 6.07 Å². The molecular formula is C21H17Cl2N3O. The third-order valence-corrected chi connectivity index (χ3v) is 5.85. The molecule has 5 rings (SSSR count). The molecule has 4 nitrogen and oxygen atoms in total. The molecule has 0 saturated carbocycles. The zero-order chi connectivity index (χ0) is 18.5. The number of urea groups is 1. The Morgan fingerprint density at radius 3 is 2.59 bits per heavy atom. The van der Waals surface area contributed by atoms with E-state index in [-0.39, 0.29) is 12.2 Å². The van der Waals surface area contributed by atoms with Crippen LogP contribution in [0.5, 0.6) is 0 Å². The summed E-state index contributed by atoms with van der Waals surface area (Å²) in [6.45, 7) is 1.54. The quantitative estimate of drug-likeness (QED) is 0.553. The molecule has 0 N–H and O–H groups in total. The minimum absolute atomic E-state index is 0.0140. The van der Waals surface area contributed by atoms with Crippen LogP contribution in [0.15, 0.2) is 60.7 Å². The van der Waals surface area contributed by atoms with Gasteiger partial charge in [0.05, 0.1) is 5.69 Å². The second-order valence-corrected chi connectivity index (χ2v) is 7.67. The van der Waals surface area contributed by atoms with Gasteiger partial charge in [0.15, 0.2) is 0 Å². The third-order valence-electron chi connectivity index (χ3n) is 5.29. The Bertz CT molecular complexity index is 1050. The maximum Gasteiger partial charge on any atom is 0.340 e. The van der Waals surface area contributed by atoms with Gasteiger partial charge >= 0.3 is 6.03 Å². The van der Waals surface area contributed by atoms with Crippen molar-refractivity contribution in [2.24, 2.45) is 0 Å². The average Bonchev–Trinajstić information content (AvgIpc) is 3.24. The second kappa shape index (κ2) is 6.41. The lowest BCUT2D eigenvalue weighted by Crippen LogP contribution is -2.32. The van der Waals surface area contributed by atoms with Gasteiger partial charge in [0, 0.05) is 34.1 Å². The predicted molar refractivity (Wildman–Crippen MR) is 109 cm³/mol. The zero-order valence-corrected chi connectivity index (χ0v) is 16.0. The molecule has 2 amide bonds. The Morgan fingerprint density at radius 1 is 0.926 bits per heavy atom. The first-order valence-corrected chi connectivity index (χ1v) is 9.71. The topological polar surface area (TPSA) is 26.8 Å². The summed E-state index contributed by atoms with van der Waals surface area (Å²) in [5, 5.41) is 7.25. The van der Waals surface area contributed by atoms with Crippen molar-refractivity contribution >= 4 is 45.7 Å². The van der Waals surface area contributed by atoms with E-state index >= 15 is 0 Å². The Balaban J connectivity index is 1.72. The van der Waals surface area contributed by atoms with Crippen molar-refractivity contribution in [2.45, 2.75) is 12.6 Å². The van der Waals surface area contributed by atoms with Crippen molar-refractivity contribution in [3.63, 3.8) is 0 Å². The molecule has 0 aromatic heterocycles. The number of fused-ring (bicyclic) bond motifs is 2. The van der Waals surface area contributed by atoms with E-state index in [0.29, 0.717) is 10.0 Å². The molecule has 2 saturated heterocycles. The number of benzene rings is 3. The maximum absolute atomic E-state index is 13.3. The monoisotopic (exact) mass is 397 g/mol. The Kier molecular flexibility index (Phi) is 4.01. The molecule has 27 heavy (non-hydrogen) atoms. The molecule has 6 heteroatoms. The van der Waals surface area contributed by atoms with Gasteiger partial charge in [-0.2, -0.15) is 5.01 Å². The average molecular weight is 398 g/mol. The van der Waals surface area contributed by atoms with Gasteiger partial charge in [-0.15, -0.1) is 0 Å². The van der Waals surface area contributed by atoms with Gasteiger partial charge in [0.2, 0.25) is 0 Å². The van der Waals surface area contributed by atoms with Crippen LogP contribution < -0.4 is 4.90 Å². The summed E-state index contributed by atoms with van der Waals surface area (Å²) in [4.78, 5) is 15.2. The minimum atomic E-state index is -0.282. The summed E-state index contributed by atoms with van der Waals surface area (Å²) < 4.78 is 0. The van der Waals surface area contributed by atoms with Crippen LogP contribution in [-0.2, 0) is 0 Å². The van der Waals surface area contributed by atoms with E-state index in [4.69, 9.17) is 23.2 Å². The lowest BCUT2D eigenvalue weighted by Gasteiger charge is -2.29. The van der Waals surface area contributed by atoms with Crippen LogP contribution in [0.3, 0.4) is 0 Å². The zero-order valence-electron chi connectivity index (χ0n) is 14.5. The molecule has 0 unspecified atom stereocenters. The summed E-state index contributed by atoms with van der Waals surface area (Å²) in [6, 6.07) is 19.6. The Hall–Kier alpha value is -2.27. The smallest absolute Gasteiger partial charge is 0.270 e. The number of hydrogen-bond acceptors (Lipinski definition) is 2. The van der Waals surface area contributed by atoms with Crippen LogP contribution in [0.25, 0.3) is 10.8 Å². The van der Waals surface area contributed by atoms with E-state index in [1.807, 2.05) is 46.3 Å². The van der Waals surface area contributed by atoms with Gasteiger partial charge in [0.1, 0.15) is 6.17 Å². The number of rotatable bonds is 2. The number of carbonyl (C=O) groups is 1. The summed E-state index contributed by atoms with van der Waals surface area (Å²) in [5.74, 6) is 0. The molecule has 0 bridgehead atoms. The summed E-state index contributed by atoms with van der Waals surface area (Å²) in [7, 11) is 0. The summed E-state index contributed by atoms with van der Waals surface area (Å²) in [6.07, 6.45) is 0.673. The van der Waals surface area contributed by atoms with Gasteiger partial charge in [-0.1, -0.05) is 65.7 Å². The van der Waals surface area contributed by atoms with E-state index < -0.39 is 0 Å². The molecule has 0 aliphatic carbocycles. The molecule has 3 aromatic rings. The van der Waals surface area contributed by atoms with Gasteiger partial charge in [-0.05, 0) is 30.0 Å². The fourth-order valence-corrected chi connectivity index (χ4v) is 4.62. The predicted octanol–water partition coefficient (Wildman–Crippen LogP) is 5.71. The highest BCUT2D eigenvalue weighted by atomic mass is 35.5. The minimum Gasteiger partial charge on any atom is -0.270 e. The van der Waals surface area contributed by atoms with E-state index in [0.717, 1.165) is 41.5 Å². The fourth-order valence-electron chi connectivity index (χ4n) is 4.12. The largest absolute Gasteiger partial charge is 0.340 e. The van der Waals surface area contributed by atoms with Gasteiger partial charge < -0.3 is 0 Å². The first kappa shape index (κ1) is 16.9. The second-order valence-electron chi connectivity index (χ2n) is 6.83. The molecule has 2 heterocycles. The number of halogens is 2. The molecule has 1 atom stereocenters. The lowest BCUT2D eigenvalue weighted by atomic mass is 10.1. The number of nitrogens with zero attached hydrogens (tertiary/aromatic N) is 3. The number of amides is 2. The third kappa shape index (κ3) is 2.59.